The van der Waals surface area contributed by atoms with Crippen molar-refractivity contribution in [1.82, 2.24) is 24.4 Å². The molecule has 1 atom stereocenters. The molecule has 0 saturated carbocycles. The van der Waals surface area contributed by atoms with Gasteiger partial charge in [0.25, 0.3) is 5.91 Å². The maximum Gasteiger partial charge on any atom is 0.257 e. The Labute approximate surface area is 130 Å². The summed E-state index contributed by atoms with van der Waals surface area (Å²) in [7, 11) is 1.85. The molecule has 6 heteroatoms. The highest BCUT2D eigenvalue weighted by molar-refractivity contribution is 5.94. The van der Waals surface area contributed by atoms with Crippen LogP contribution < -0.4 is 0 Å². The van der Waals surface area contributed by atoms with Crippen LogP contribution in [0.4, 0.5) is 0 Å². The van der Waals surface area contributed by atoms with Crippen molar-refractivity contribution in [3.05, 3.63) is 41.5 Å². The second kappa shape index (κ2) is 5.87. The minimum atomic E-state index is -0.00562. The molecule has 22 heavy (non-hydrogen) atoms. The van der Waals surface area contributed by atoms with E-state index < -0.39 is 0 Å². The third-order valence-electron chi connectivity index (χ3n) is 4.24. The second-order valence-corrected chi connectivity index (χ2v) is 6.00. The number of amides is 1. The Kier molecular flexibility index (Phi) is 3.92. The van der Waals surface area contributed by atoms with Gasteiger partial charge < -0.3 is 9.47 Å². The lowest BCUT2D eigenvalue weighted by atomic mass is 9.98. The summed E-state index contributed by atoms with van der Waals surface area (Å²) >= 11 is 0. The number of carbonyl (C=O) groups excluding carboxylic acids is 1. The molecule has 0 aliphatic carbocycles. The monoisotopic (exact) mass is 299 g/mol. The van der Waals surface area contributed by atoms with E-state index in [0.29, 0.717) is 17.3 Å². The third kappa shape index (κ3) is 2.86. The molecule has 0 bridgehead atoms. The number of hydrogen-bond donors (Lipinski definition) is 0. The fraction of sp³-hybridized carbons (Fsp3) is 0.500. The lowest BCUT2D eigenvalue weighted by Gasteiger charge is -2.28. The SMILES string of the molecule is Cc1ncc(C(=O)N(C)CC2CCc3nccn3C2)c(C)n1. The minimum absolute atomic E-state index is 0.00562. The van der Waals surface area contributed by atoms with Crippen molar-refractivity contribution in [2.45, 2.75) is 33.2 Å². The molecule has 0 saturated heterocycles. The van der Waals surface area contributed by atoms with Crippen LogP contribution in [-0.4, -0.2) is 43.9 Å². The van der Waals surface area contributed by atoms with Crippen molar-refractivity contribution in [3.8, 4) is 0 Å². The van der Waals surface area contributed by atoms with Gasteiger partial charge in [0, 0.05) is 45.1 Å². The van der Waals surface area contributed by atoms with Gasteiger partial charge in [0.05, 0.1) is 11.3 Å². The van der Waals surface area contributed by atoms with E-state index in [4.69, 9.17) is 0 Å². The van der Waals surface area contributed by atoms with Gasteiger partial charge in [-0.15, -0.1) is 0 Å². The Morgan fingerprint density at radius 2 is 2.23 bits per heavy atom. The van der Waals surface area contributed by atoms with Crippen molar-refractivity contribution < 1.29 is 4.79 Å². The molecular formula is C16H21N5O. The Balaban J connectivity index is 1.67. The first kappa shape index (κ1) is 14.7. The zero-order valence-corrected chi connectivity index (χ0v) is 13.3. The zero-order valence-electron chi connectivity index (χ0n) is 13.3. The van der Waals surface area contributed by atoms with Crippen molar-refractivity contribution >= 4 is 5.91 Å². The fourth-order valence-electron chi connectivity index (χ4n) is 3.06. The molecule has 0 radical (unpaired) electrons. The molecule has 1 amide bonds. The smallest absolute Gasteiger partial charge is 0.257 e. The molecule has 0 aromatic carbocycles. The number of carbonyl (C=O) groups is 1. The van der Waals surface area contributed by atoms with Crippen molar-refractivity contribution in [1.29, 1.82) is 0 Å². The van der Waals surface area contributed by atoms with E-state index in [1.54, 1.807) is 11.1 Å². The Bertz CT molecular complexity index is 694. The maximum absolute atomic E-state index is 12.6. The summed E-state index contributed by atoms with van der Waals surface area (Å²) in [5, 5.41) is 0. The van der Waals surface area contributed by atoms with Crippen LogP contribution in [0.2, 0.25) is 0 Å². The molecule has 3 heterocycles. The number of rotatable bonds is 3. The van der Waals surface area contributed by atoms with E-state index in [1.807, 2.05) is 33.3 Å². The zero-order chi connectivity index (χ0) is 15.7. The van der Waals surface area contributed by atoms with Gasteiger partial charge >= 0.3 is 0 Å². The number of aryl methyl sites for hydroxylation is 3. The number of fused-ring (bicyclic) bond motifs is 1. The highest BCUT2D eigenvalue weighted by atomic mass is 16.2. The number of hydrogen-bond acceptors (Lipinski definition) is 4. The van der Waals surface area contributed by atoms with E-state index in [9.17, 15) is 4.79 Å². The first-order valence-electron chi connectivity index (χ1n) is 7.60. The molecule has 0 spiro atoms. The van der Waals surface area contributed by atoms with Gasteiger partial charge in [-0.2, -0.15) is 0 Å². The van der Waals surface area contributed by atoms with E-state index in [1.165, 1.54) is 0 Å². The van der Waals surface area contributed by atoms with Gasteiger partial charge in [-0.25, -0.2) is 15.0 Å². The highest BCUT2D eigenvalue weighted by Gasteiger charge is 2.23. The van der Waals surface area contributed by atoms with Crippen LogP contribution in [0.3, 0.4) is 0 Å². The van der Waals surface area contributed by atoms with Crippen LogP contribution in [0.25, 0.3) is 0 Å². The van der Waals surface area contributed by atoms with Crippen LogP contribution in [0.5, 0.6) is 0 Å². The Morgan fingerprint density at radius 1 is 1.41 bits per heavy atom. The van der Waals surface area contributed by atoms with Gasteiger partial charge in [-0.1, -0.05) is 0 Å². The summed E-state index contributed by atoms with van der Waals surface area (Å²) < 4.78 is 2.19. The summed E-state index contributed by atoms with van der Waals surface area (Å²) in [5.74, 6) is 2.29. The van der Waals surface area contributed by atoms with Gasteiger partial charge in [0.1, 0.15) is 11.6 Å². The molecule has 3 rings (SSSR count). The van der Waals surface area contributed by atoms with Crippen LogP contribution in [0.1, 0.15) is 34.1 Å². The normalized spacial score (nSPS) is 17.1. The number of aromatic nitrogens is 4. The molecule has 1 aliphatic rings. The molecule has 0 fully saturated rings. The van der Waals surface area contributed by atoms with Gasteiger partial charge in [0.15, 0.2) is 0 Å². The Morgan fingerprint density at radius 3 is 3.00 bits per heavy atom. The minimum Gasteiger partial charge on any atom is -0.341 e. The third-order valence-corrected chi connectivity index (χ3v) is 4.24. The van der Waals surface area contributed by atoms with E-state index in [-0.39, 0.29) is 5.91 Å². The average molecular weight is 299 g/mol. The van der Waals surface area contributed by atoms with Crippen LogP contribution >= 0.6 is 0 Å². The predicted molar refractivity (Wildman–Crippen MR) is 82.5 cm³/mol. The van der Waals surface area contributed by atoms with Crippen molar-refractivity contribution in [3.63, 3.8) is 0 Å². The quantitative estimate of drug-likeness (QED) is 0.864. The van der Waals surface area contributed by atoms with Gasteiger partial charge in [-0.05, 0) is 26.2 Å². The van der Waals surface area contributed by atoms with Gasteiger partial charge in [-0.3, -0.25) is 4.79 Å². The standard InChI is InChI=1S/C16H21N5O/c1-11-14(8-18-12(2)19-11)16(22)20(3)9-13-4-5-15-17-6-7-21(15)10-13/h6-8,13H,4-5,9-10H2,1-3H3. The van der Waals surface area contributed by atoms with Gasteiger partial charge in [0.2, 0.25) is 0 Å². The fourth-order valence-corrected chi connectivity index (χ4v) is 3.06. The molecule has 116 valence electrons. The van der Waals surface area contributed by atoms with E-state index in [0.717, 1.165) is 37.4 Å². The maximum atomic E-state index is 12.6. The Hall–Kier alpha value is -2.24. The van der Waals surface area contributed by atoms with Crippen LogP contribution in [0.15, 0.2) is 18.6 Å². The predicted octanol–water partition coefficient (Wildman–Crippen LogP) is 1.62. The molecule has 0 N–H and O–H groups in total. The average Bonchev–Trinajstić information content (AvgIpc) is 2.94. The lowest BCUT2D eigenvalue weighted by Crippen LogP contribution is -2.35. The first-order valence-corrected chi connectivity index (χ1v) is 7.60. The van der Waals surface area contributed by atoms with Crippen LogP contribution in [-0.2, 0) is 13.0 Å². The number of imidazole rings is 1. The molecule has 2 aromatic rings. The lowest BCUT2D eigenvalue weighted by molar-refractivity contribution is 0.0759. The van der Waals surface area contributed by atoms with Crippen LogP contribution in [0, 0.1) is 19.8 Å². The second-order valence-electron chi connectivity index (χ2n) is 6.00. The van der Waals surface area contributed by atoms with Crippen molar-refractivity contribution in [2.75, 3.05) is 13.6 Å². The molecule has 2 aromatic heterocycles. The summed E-state index contributed by atoms with van der Waals surface area (Å²) in [6.45, 7) is 5.35. The molecule has 1 aliphatic heterocycles. The summed E-state index contributed by atoms with van der Waals surface area (Å²) in [5.41, 5.74) is 1.33. The number of nitrogens with zero attached hydrogens (tertiary/aromatic N) is 5. The topological polar surface area (TPSA) is 63.9 Å². The molecule has 1 unspecified atom stereocenters. The largest absolute Gasteiger partial charge is 0.341 e. The van der Waals surface area contributed by atoms with E-state index >= 15 is 0 Å². The van der Waals surface area contributed by atoms with Crippen molar-refractivity contribution in [2.24, 2.45) is 5.92 Å². The summed E-state index contributed by atoms with van der Waals surface area (Å²) in [6, 6.07) is 0. The summed E-state index contributed by atoms with van der Waals surface area (Å²) in [4.78, 5) is 27.1. The van der Waals surface area contributed by atoms with E-state index in [2.05, 4.69) is 19.5 Å². The summed E-state index contributed by atoms with van der Waals surface area (Å²) in [6.07, 6.45) is 7.54. The highest BCUT2D eigenvalue weighted by Crippen LogP contribution is 2.20. The molecule has 6 nitrogen and oxygen atoms in total. The first-order chi connectivity index (χ1) is 10.5. The molecular weight excluding hydrogens is 278 g/mol.